The van der Waals surface area contributed by atoms with Crippen molar-refractivity contribution < 1.29 is 13.2 Å². The van der Waals surface area contributed by atoms with Gasteiger partial charge in [-0.15, -0.1) is 0 Å². The number of hydrogen-bond donors (Lipinski definition) is 2. The molecule has 0 aliphatic heterocycles. The quantitative estimate of drug-likeness (QED) is 0.785. The van der Waals surface area contributed by atoms with Crippen molar-refractivity contribution in [2.24, 2.45) is 0 Å². The molecule has 0 unspecified atom stereocenters. The number of sulfonamides is 1. The van der Waals surface area contributed by atoms with Crippen LogP contribution in [0.25, 0.3) is 0 Å². The van der Waals surface area contributed by atoms with Gasteiger partial charge in [-0.05, 0) is 30.7 Å². The van der Waals surface area contributed by atoms with E-state index in [1.54, 1.807) is 0 Å². The van der Waals surface area contributed by atoms with Crippen LogP contribution in [-0.4, -0.2) is 26.6 Å². The highest BCUT2D eigenvalue weighted by Crippen LogP contribution is 2.12. The van der Waals surface area contributed by atoms with Crippen LogP contribution in [0.3, 0.4) is 0 Å². The van der Waals surface area contributed by atoms with E-state index in [2.05, 4.69) is 9.71 Å². The second kappa shape index (κ2) is 6.55. The van der Waals surface area contributed by atoms with Crippen molar-refractivity contribution in [2.45, 2.75) is 11.8 Å². The highest BCUT2D eigenvalue weighted by molar-refractivity contribution is 7.89. The summed E-state index contributed by atoms with van der Waals surface area (Å²) in [4.78, 5) is 3.85. The fourth-order valence-electron chi connectivity index (χ4n) is 1.73. The van der Waals surface area contributed by atoms with Crippen molar-refractivity contribution in [1.82, 2.24) is 9.71 Å². The Morgan fingerprint density at radius 2 is 2.10 bits per heavy atom. The molecule has 2 aromatic rings. The Kier molecular flexibility index (Phi) is 4.77. The predicted octanol–water partition coefficient (Wildman–Crippen LogP) is 1.33. The number of nitrogens with zero attached hydrogens (tertiary/aromatic N) is 1. The molecule has 6 nitrogen and oxygen atoms in total. The van der Waals surface area contributed by atoms with Crippen LogP contribution < -0.4 is 15.2 Å². The summed E-state index contributed by atoms with van der Waals surface area (Å²) in [6.07, 6.45) is 1.35. The molecule has 21 heavy (non-hydrogen) atoms. The molecule has 0 saturated carbocycles. The fourth-order valence-corrected chi connectivity index (χ4v) is 2.76. The number of hydrogen-bond acceptors (Lipinski definition) is 5. The zero-order chi connectivity index (χ0) is 15.3. The van der Waals surface area contributed by atoms with Crippen molar-refractivity contribution in [3.8, 4) is 5.75 Å². The van der Waals surface area contributed by atoms with Gasteiger partial charge in [0.25, 0.3) is 0 Å². The van der Waals surface area contributed by atoms with E-state index >= 15 is 0 Å². The fraction of sp³-hybridized carbons (Fsp3) is 0.214. The minimum absolute atomic E-state index is 0.0885. The lowest BCUT2D eigenvalue weighted by molar-refractivity contribution is 0.322. The number of ether oxygens (including phenoxy) is 1. The normalized spacial score (nSPS) is 11.3. The maximum Gasteiger partial charge on any atom is 0.240 e. The minimum atomic E-state index is -3.60. The molecule has 0 bridgehead atoms. The van der Waals surface area contributed by atoms with Crippen molar-refractivity contribution >= 4 is 15.8 Å². The van der Waals surface area contributed by atoms with E-state index in [-0.39, 0.29) is 23.9 Å². The van der Waals surface area contributed by atoms with Gasteiger partial charge in [-0.2, -0.15) is 0 Å². The Bertz CT molecular complexity index is 717. The molecule has 1 aromatic carbocycles. The first kappa shape index (κ1) is 15.3. The van der Waals surface area contributed by atoms with Crippen molar-refractivity contribution in [2.75, 3.05) is 18.9 Å². The summed E-state index contributed by atoms with van der Waals surface area (Å²) in [5, 5.41) is 0. The van der Waals surface area contributed by atoms with Gasteiger partial charge in [-0.1, -0.05) is 12.1 Å². The van der Waals surface area contributed by atoms with Crippen LogP contribution in [-0.2, 0) is 10.0 Å². The Hall–Kier alpha value is -2.12. The molecular weight excluding hydrogens is 290 g/mol. The zero-order valence-corrected chi connectivity index (χ0v) is 12.4. The van der Waals surface area contributed by atoms with E-state index in [1.807, 2.05) is 31.2 Å². The van der Waals surface area contributed by atoms with Crippen LogP contribution in [0.4, 0.5) is 5.82 Å². The number of pyridine rings is 1. The second-order valence-electron chi connectivity index (χ2n) is 4.48. The van der Waals surface area contributed by atoms with E-state index in [1.165, 1.54) is 18.3 Å². The van der Waals surface area contributed by atoms with E-state index < -0.39 is 10.0 Å². The summed E-state index contributed by atoms with van der Waals surface area (Å²) in [7, 11) is -3.60. The number of nitrogens with one attached hydrogen (secondary N) is 1. The number of nitrogens with two attached hydrogens (primary N) is 1. The molecule has 2 rings (SSSR count). The summed E-state index contributed by atoms with van der Waals surface area (Å²) < 4.78 is 31.9. The molecule has 0 aliphatic rings. The average Bonchev–Trinajstić information content (AvgIpc) is 2.44. The summed E-state index contributed by atoms with van der Waals surface area (Å²) in [5.74, 6) is 0.872. The molecule has 1 aromatic heterocycles. The first-order valence-electron chi connectivity index (χ1n) is 6.38. The molecule has 0 spiro atoms. The third-order valence-corrected chi connectivity index (χ3v) is 4.17. The monoisotopic (exact) mass is 307 g/mol. The van der Waals surface area contributed by atoms with Crippen LogP contribution in [0.2, 0.25) is 0 Å². The van der Waals surface area contributed by atoms with Gasteiger partial charge < -0.3 is 10.5 Å². The largest absolute Gasteiger partial charge is 0.492 e. The molecular formula is C14H17N3O3S. The maximum absolute atomic E-state index is 12.0. The van der Waals surface area contributed by atoms with Gasteiger partial charge in [-0.25, -0.2) is 18.1 Å². The molecule has 0 amide bonds. The van der Waals surface area contributed by atoms with Gasteiger partial charge in [0.05, 0.1) is 4.90 Å². The van der Waals surface area contributed by atoms with E-state index in [0.29, 0.717) is 5.75 Å². The molecule has 0 fully saturated rings. The number of aromatic nitrogens is 1. The van der Waals surface area contributed by atoms with Crippen molar-refractivity contribution in [1.29, 1.82) is 0 Å². The topological polar surface area (TPSA) is 94.3 Å². The van der Waals surface area contributed by atoms with E-state index in [4.69, 9.17) is 10.5 Å². The molecule has 7 heteroatoms. The van der Waals surface area contributed by atoms with Crippen LogP contribution in [0, 0.1) is 6.92 Å². The van der Waals surface area contributed by atoms with E-state index in [9.17, 15) is 8.42 Å². The van der Waals surface area contributed by atoms with Crippen LogP contribution in [0.1, 0.15) is 5.56 Å². The molecule has 0 saturated heterocycles. The molecule has 0 radical (unpaired) electrons. The molecule has 1 heterocycles. The number of anilines is 1. The van der Waals surface area contributed by atoms with Gasteiger partial charge in [-0.3, -0.25) is 0 Å². The number of rotatable bonds is 6. The van der Waals surface area contributed by atoms with Crippen LogP contribution in [0.5, 0.6) is 5.75 Å². The van der Waals surface area contributed by atoms with Crippen LogP contribution >= 0.6 is 0 Å². The first-order valence-corrected chi connectivity index (χ1v) is 7.86. The SMILES string of the molecule is Cc1cccc(OCCNS(=O)(=O)c2ccnc(N)c2)c1. The summed E-state index contributed by atoms with van der Waals surface area (Å²) in [5.41, 5.74) is 6.56. The molecule has 0 aliphatic carbocycles. The van der Waals surface area contributed by atoms with Gasteiger partial charge >= 0.3 is 0 Å². The second-order valence-corrected chi connectivity index (χ2v) is 6.25. The Morgan fingerprint density at radius 1 is 1.29 bits per heavy atom. The van der Waals surface area contributed by atoms with Crippen LogP contribution in [0.15, 0.2) is 47.5 Å². The van der Waals surface area contributed by atoms with Gasteiger partial charge in [0, 0.05) is 18.8 Å². The summed E-state index contributed by atoms with van der Waals surface area (Å²) >= 11 is 0. The Balaban J connectivity index is 1.88. The van der Waals surface area contributed by atoms with Gasteiger partial charge in [0.15, 0.2) is 0 Å². The highest BCUT2D eigenvalue weighted by Gasteiger charge is 2.13. The molecule has 112 valence electrons. The smallest absolute Gasteiger partial charge is 0.240 e. The minimum Gasteiger partial charge on any atom is -0.492 e. The summed E-state index contributed by atoms with van der Waals surface area (Å²) in [6, 6.07) is 10.3. The standard InChI is InChI=1S/C14H17N3O3S/c1-11-3-2-4-12(9-11)20-8-7-17-21(18,19)13-5-6-16-14(15)10-13/h2-6,9-10,17H,7-8H2,1H3,(H2,15,16). The lowest BCUT2D eigenvalue weighted by atomic mass is 10.2. The summed E-state index contributed by atoms with van der Waals surface area (Å²) in [6.45, 7) is 2.37. The maximum atomic E-state index is 12.0. The molecule has 0 atom stereocenters. The Labute approximate surface area is 124 Å². The predicted molar refractivity (Wildman–Crippen MR) is 80.5 cm³/mol. The van der Waals surface area contributed by atoms with Gasteiger partial charge in [0.2, 0.25) is 10.0 Å². The van der Waals surface area contributed by atoms with Crippen molar-refractivity contribution in [3.05, 3.63) is 48.2 Å². The first-order chi connectivity index (χ1) is 9.97. The third-order valence-electron chi connectivity index (χ3n) is 2.72. The Morgan fingerprint density at radius 3 is 2.81 bits per heavy atom. The highest BCUT2D eigenvalue weighted by atomic mass is 32.2. The number of benzene rings is 1. The zero-order valence-electron chi connectivity index (χ0n) is 11.6. The lowest BCUT2D eigenvalue weighted by Crippen LogP contribution is -2.28. The average molecular weight is 307 g/mol. The molecule has 3 N–H and O–H groups in total. The van der Waals surface area contributed by atoms with Gasteiger partial charge in [0.1, 0.15) is 18.2 Å². The number of nitrogen functional groups attached to an aromatic ring is 1. The van der Waals surface area contributed by atoms with Crippen molar-refractivity contribution in [3.63, 3.8) is 0 Å². The number of aryl methyl sites for hydroxylation is 1. The third kappa shape index (κ3) is 4.44. The van der Waals surface area contributed by atoms with E-state index in [0.717, 1.165) is 5.56 Å². The lowest BCUT2D eigenvalue weighted by Gasteiger charge is -2.09.